The van der Waals surface area contributed by atoms with Gasteiger partial charge in [-0.3, -0.25) is 14.5 Å². The van der Waals surface area contributed by atoms with Crippen molar-refractivity contribution in [3.05, 3.63) is 155 Å². The zero-order chi connectivity index (χ0) is 34.9. The number of carbonyl (C=O) groups is 2. The Kier molecular flexibility index (Phi) is 8.73. The summed E-state index contributed by atoms with van der Waals surface area (Å²) < 4.78 is 18.2. The van der Waals surface area contributed by atoms with Crippen LogP contribution in [0.25, 0.3) is 21.7 Å². The molecule has 5 aromatic carbocycles. The van der Waals surface area contributed by atoms with Crippen LogP contribution in [0.4, 0.5) is 5.13 Å². The minimum absolute atomic E-state index is 0.0456. The molecule has 0 fully saturated rings. The molecule has 11 heteroatoms. The molecule has 252 valence electrons. The monoisotopic (exact) mass is 711 g/mol. The van der Waals surface area contributed by atoms with E-state index in [0.29, 0.717) is 44.7 Å². The second-order valence-corrected chi connectivity index (χ2v) is 14.0. The Morgan fingerprint density at radius 2 is 1.67 bits per heavy atom. The molecule has 0 saturated heterocycles. The van der Waals surface area contributed by atoms with E-state index in [0.717, 1.165) is 21.9 Å². The van der Waals surface area contributed by atoms with Gasteiger partial charge in [-0.25, -0.2) is 0 Å². The average molecular weight is 712 g/mol. The summed E-state index contributed by atoms with van der Waals surface area (Å²) in [6.45, 7) is 0.318. The molecule has 0 spiro atoms. The number of thioether (sulfide) groups is 1. The van der Waals surface area contributed by atoms with Crippen molar-refractivity contribution >= 4 is 61.7 Å². The number of benzene rings is 5. The van der Waals surface area contributed by atoms with Crippen LogP contribution in [-0.2, 0) is 17.2 Å². The second-order valence-electron chi connectivity index (χ2n) is 11.8. The number of ether oxygens (including phenoxy) is 2. The van der Waals surface area contributed by atoms with Crippen LogP contribution >= 0.6 is 23.1 Å². The normalized spacial score (nSPS) is 14.5. The third kappa shape index (κ3) is 6.22. The summed E-state index contributed by atoms with van der Waals surface area (Å²) in [7, 11) is 1.51. The zero-order valence-corrected chi connectivity index (χ0v) is 28.8. The van der Waals surface area contributed by atoms with Crippen molar-refractivity contribution < 1.29 is 28.6 Å². The highest BCUT2D eigenvalue weighted by molar-refractivity contribution is 8.00. The van der Waals surface area contributed by atoms with E-state index in [1.165, 1.54) is 35.1 Å². The van der Waals surface area contributed by atoms with E-state index in [2.05, 4.69) is 34.5 Å². The van der Waals surface area contributed by atoms with Gasteiger partial charge in [0.05, 0.1) is 18.7 Å². The smallest absolute Gasteiger partial charge is 0.296 e. The number of ketones is 1. The molecule has 2 aromatic heterocycles. The third-order valence-electron chi connectivity index (χ3n) is 8.66. The number of anilines is 1. The quantitative estimate of drug-likeness (QED) is 0.0797. The summed E-state index contributed by atoms with van der Waals surface area (Å²) in [4.78, 5) is 29.6. The van der Waals surface area contributed by atoms with Crippen LogP contribution in [0.1, 0.15) is 33.3 Å². The first-order chi connectivity index (χ1) is 25.0. The Morgan fingerprint density at radius 1 is 0.902 bits per heavy atom. The molecule has 3 heterocycles. The van der Waals surface area contributed by atoms with E-state index < -0.39 is 23.5 Å². The number of rotatable bonds is 11. The van der Waals surface area contributed by atoms with Gasteiger partial charge in [-0.05, 0) is 51.7 Å². The van der Waals surface area contributed by atoms with Crippen LogP contribution in [0.3, 0.4) is 0 Å². The molecule has 51 heavy (non-hydrogen) atoms. The van der Waals surface area contributed by atoms with E-state index in [1.807, 2.05) is 48.5 Å². The highest BCUT2D eigenvalue weighted by Crippen LogP contribution is 2.45. The fraction of sp³-hybridized carbons (Fsp3) is 0.100. The summed E-state index contributed by atoms with van der Waals surface area (Å²) in [5.41, 5.74) is 2.91. The molecular weight excluding hydrogens is 683 g/mol. The van der Waals surface area contributed by atoms with Crippen LogP contribution in [0.2, 0.25) is 0 Å². The lowest BCUT2D eigenvalue weighted by molar-refractivity contribution is -0.117. The largest absolute Gasteiger partial charge is 0.503 e. The van der Waals surface area contributed by atoms with Gasteiger partial charge in [0.15, 0.2) is 27.2 Å². The molecule has 0 radical (unpaired) electrons. The Morgan fingerprint density at radius 3 is 2.53 bits per heavy atom. The van der Waals surface area contributed by atoms with E-state index in [1.54, 1.807) is 48.5 Å². The number of para-hydroxylation sites is 1. The van der Waals surface area contributed by atoms with E-state index in [9.17, 15) is 14.7 Å². The standard InChI is InChI=1S/C40H29N3O6S2/c1-47-31-19-9-15-27-21-32(49-37(27)31)35(44)33-34(26-14-8-17-29(20-26)48-22-24-10-3-2-4-11-24)43(38(46)36(33)45)39-41-42-40(51-39)50-23-28-16-7-13-25-12-5-6-18-30(25)28/h2-21,34,45H,22-23H2,1H3. The van der Waals surface area contributed by atoms with E-state index >= 15 is 0 Å². The predicted octanol–water partition coefficient (Wildman–Crippen LogP) is 9.10. The molecule has 1 unspecified atom stereocenters. The lowest BCUT2D eigenvalue weighted by Crippen LogP contribution is -2.31. The van der Waals surface area contributed by atoms with Crippen molar-refractivity contribution in [2.45, 2.75) is 22.7 Å². The number of furan rings is 1. The molecule has 8 rings (SSSR count). The van der Waals surface area contributed by atoms with Gasteiger partial charge in [0.1, 0.15) is 12.4 Å². The molecule has 1 aliphatic rings. The van der Waals surface area contributed by atoms with Gasteiger partial charge in [0.2, 0.25) is 10.9 Å². The number of hydrogen-bond donors (Lipinski definition) is 1. The number of Topliss-reactive ketones (excluding diaryl/α,β-unsaturated/α-hetero) is 1. The number of aliphatic hydroxyl groups is 1. The minimum Gasteiger partial charge on any atom is -0.503 e. The van der Waals surface area contributed by atoms with Crippen LogP contribution in [0, 0.1) is 0 Å². The molecular formula is C40H29N3O6S2. The van der Waals surface area contributed by atoms with Crippen molar-refractivity contribution in [1.82, 2.24) is 10.2 Å². The topological polar surface area (TPSA) is 115 Å². The molecule has 0 aliphatic carbocycles. The molecule has 1 atom stereocenters. The summed E-state index contributed by atoms with van der Waals surface area (Å²) in [6.07, 6.45) is 0. The van der Waals surface area contributed by atoms with Gasteiger partial charge in [0, 0.05) is 11.1 Å². The number of methoxy groups -OCH3 is 1. The number of hydrogen-bond acceptors (Lipinski definition) is 10. The number of fused-ring (bicyclic) bond motifs is 2. The van der Waals surface area contributed by atoms with E-state index in [-0.39, 0.29) is 16.5 Å². The molecule has 0 saturated carbocycles. The van der Waals surface area contributed by atoms with Crippen molar-refractivity contribution in [1.29, 1.82) is 0 Å². The highest BCUT2D eigenvalue weighted by atomic mass is 32.2. The number of aromatic nitrogens is 2. The summed E-state index contributed by atoms with van der Waals surface area (Å²) in [5.74, 6) is -0.526. The van der Waals surface area contributed by atoms with E-state index in [4.69, 9.17) is 13.9 Å². The van der Waals surface area contributed by atoms with Crippen molar-refractivity contribution in [3.63, 3.8) is 0 Å². The maximum atomic E-state index is 14.3. The Hall–Kier alpha value is -5.91. The van der Waals surface area contributed by atoms with Crippen molar-refractivity contribution in [2.24, 2.45) is 0 Å². The van der Waals surface area contributed by atoms with Gasteiger partial charge < -0.3 is 19.0 Å². The van der Waals surface area contributed by atoms with Crippen molar-refractivity contribution in [3.8, 4) is 11.5 Å². The Balaban J connectivity index is 1.14. The first-order valence-corrected chi connectivity index (χ1v) is 17.9. The molecule has 1 aliphatic heterocycles. The summed E-state index contributed by atoms with van der Waals surface area (Å²) in [6, 6.07) is 37.1. The molecule has 1 amide bonds. The Bertz CT molecular complexity index is 2450. The van der Waals surface area contributed by atoms with Crippen LogP contribution < -0.4 is 14.4 Å². The molecule has 0 bridgehead atoms. The molecule has 9 nitrogen and oxygen atoms in total. The van der Waals surface area contributed by atoms with Gasteiger partial charge in [-0.2, -0.15) is 0 Å². The summed E-state index contributed by atoms with van der Waals surface area (Å²) >= 11 is 2.72. The number of nitrogens with zero attached hydrogens (tertiary/aromatic N) is 3. The first-order valence-electron chi connectivity index (χ1n) is 16.1. The second kappa shape index (κ2) is 13.8. The van der Waals surface area contributed by atoms with Crippen LogP contribution in [-0.4, -0.2) is 34.1 Å². The predicted molar refractivity (Wildman–Crippen MR) is 198 cm³/mol. The third-order valence-corrected chi connectivity index (χ3v) is 10.8. The zero-order valence-electron chi connectivity index (χ0n) is 27.2. The Labute approximate surface area is 300 Å². The molecule has 1 N–H and O–H groups in total. The van der Waals surface area contributed by atoms with Gasteiger partial charge in [-0.15, -0.1) is 10.2 Å². The average Bonchev–Trinajstić information content (AvgIpc) is 3.89. The first kappa shape index (κ1) is 32.3. The van der Waals surface area contributed by atoms with Crippen LogP contribution in [0.15, 0.2) is 141 Å². The lowest BCUT2D eigenvalue weighted by Gasteiger charge is -2.24. The number of aliphatic hydroxyl groups excluding tert-OH is 1. The maximum Gasteiger partial charge on any atom is 0.296 e. The van der Waals surface area contributed by atoms with Gasteiger partial charge in [0.25, 0.3) is 5.91 Å². The SMILES string of the molecule is COc1cccc2cc(C(=O)C3=C(O)C(=O)N(c4nnc(SCc5cccc6ccccc56)s4)C3c3cccc(OCc4ccccc4)c3)oc12. The number of amides is 1. The highest BCUT2D eigenvalue weighted by Gasteiger charge is 2.47. The molecule has 7 aromatic rings. The maximum absolute atomic E-state index is 14.3. The minimum atomic E-state index is -1.05. The number of carbonyl (C=O) groups excluding carboxylic acids is 2. The fourth-order valence-electron chi connectivity index (χ4n) is 6.22. The fourth-order valence-corrected chi connectivity index (χ4v) is 8.09. The summed E-state index contributed by atoms with van der Waals surface area (Å²) in [5, 5.41) is 23.4. The van der Waals surface area contributed by atoms with Gasteiger partial charge >= 0.3 is 0 Å². The van der Waals surface area contributed by atoms with Crippen molar-refractivity contribution in [2.75, 3.05) is 12.0 Å². The van der Waals surface area contributed by atoms with Gasteiger partial charge in [-0.1, -0.05) is 120 Å². The van der Waals surface area contributed by atoms with Crippen LogP contribution in [0.5, 0.6) is 11.5 Å². The lowest BCUT2D eigenvalue weighted by atomic mass is 9.95.